The number of hydrogen-bond acceptors (Lipinski definition) is 2. The van der Waals surface area contributed by atoms with E-state index >= 15 is 0 Å². The zero-order valence-electron chi connectivity index (χ0n) is 11.4. The molecule has 2 heterocycles. The lowest BCUT2D eigenvalue weighted by molar-refractivity contribution is -0.114. The van der Waals surface area contributed by atoms with Crippen LogP contribution < -0.4 is 10.2 Å². The molecule has 1 N–H and O–H groups in total. The number of aromatic nitrogens is 1. The molecule has 1 amide bonds. The minimum absolute atomic E-state index is 0.0314. The number of carbonyl (C=O) groups excluding carboxylic acids is 1. The lowest BCUT2D eigenvalue weighted by atomic mass is 10.2. The first-order chi connectivity index (χ1) is 9.15. The molecule has 0 radical (unpaired) electrons. The Kier molecular flexibility index (Phi) is 2.93. The van der Waals surface area contributed by atoms with Crippen molar-refractivity contribution in [3.63, 3.8) is 0 Å². The van der Waals surface area contributed by atoms with E-state index in [0.717, 1.165) is 29.7 Å². The highest BCUT2D eigenvalue weighted by atomic mass is 16.1. The average Bonchev–Trinajstić information content (AvgIpc) is 2.98. The molecule has 0 atom stereocenters. The van der Waals surface area contributed by atoms with Gasteiger partial charge >= 0.3 is 0 Å². The smallest absolute Gasteiger partial charge is 0.221 e. The number of amides is 1. The van der Waals surface area contributed by atoms with Crippen molar-refractivity contribution in [2.45, 2.75) is 19.8 Å². The number of carbonyl (C=O) groups is 1. The van der Waals surface area contributed by atoms with Crippen molar-refractivity contribution in [1.29, 1.82) is 0 Å². The second kappa shape index (κ2) is 4.61. The molecule has 1 saturated heterocycles. The molecule has 0 bridgehead atoms. The van der Waals surface area contributed by atoms with Gasteiger partial charge in [-0.3, -0.25) is 4.79 Å². The van der Waals surface area contributed by atoms with Gasteiger partial charge in [0, 0.05) is 44.3 Å². The second-order valence-corrected chi connectivity index (χ2v) is 5.23. The summed E-state index contributed by atoms with van der Waals surface area (Å²) >= 11 is 0. The summed E-state index contributed by atoms with van der Waals surface area (Å²) in [5, 5.41) is 3.98. The summed E-state index contributed by atoms with van der Waals surface area (Å²) in [6.45, 7) is 3.83. The maximum absolute atomic E-state index is 11.2. The second-order valence-electron chi connectivity index (χ2n) is 5.23. The van der Waals surface area contributed by atoms with E-state index in [-0.39, 0.29) is 5.91 Å². The van der Waals surface area contributed by atoms with Gasteiger partial charge in [0.05, 0.1) is 11.2 Å². The molecule has 4 nitrogen and oxygen atoms in total. The zero-order valence-corrected chi connectivity index (χ0v) is 11.4. The Labute approximate surface area is 113 Å². The first kappa shape index (κ1) is 12.1. The largest absolute Gasteiger partial charge is 0.371 e. The third kappa shape index (κ3) is 2.18. The van der Waals surface area contributed by atoms with Gasteiger partial charge in [0.15, 0.2) is 0 Å². The van der Waals surface area contributed by atoms with E-state index in [1.165, 1.54) is 25.5 Å². The molecule has 100 valence electrons. The summed E-state index contributed by atoms with van der Waals surface area (Å²) in [7, 11) is 2.02. The fraction of sp³-hybridized carbons (Fsp3) is 0.400. The normalized spacial score (nSPS) is 15.2. The van der Waals surface area contributed by atoms with Crippen LogP contribution in [0.3, 0.4) is 0 Å². The fourth-order valence-corrected chi connectivity index (χ4v) is 2.83. The van der Waals surface area contributed by atoms with Crippen LogP contribution in [-0.4, -0.2) is 23.6 Å². The molecule has 0 aliphatic carbocycles. The van der Waals surface area contributed by atoms with E-state index < -0.39 is 0 Å². The molecule has 1 aromatic carbocycles. The summed E-state index contributed by atoms with van der Waals surface area (Å²) in [5.41, 5.74) is 3.33. The number of nitrogens with one attached hydrogen (secondary N) is 1. The fourth-order valence-electron chi connectivity index (χ4n) is 2.83. The van der Waals surface area contributed by atoms with Gasteiger partial charge in [-0.2, -0.15) is 0 Å². The van der Waals surface area contributed by atoms with E-state index in [0.29, 0.717) is 0 Å². The molecule has 19 heavy (non-hydrogen) atoms. The number of fused-ring (bicyclic) bond motifs is 1. The van der Waals surface area contributed by atoms with Crippen LogP contribution in [0.4, 0.5) is 11.4 Å². The molecule has 2 aromatic rings. The van der Waals surface area contributed by atoms with Crippen LogP contribution in [0.25, 0.3) is 10.9 Å². The molecule has 1 fully saturated rings. The molecule has 1 aromatic heterocycles. The molecule has 4 heteroatoms. The van der Waals surface area contributed by atoms with Gasteiger partial charge in [-0.1, -0.05) is 0 Å². The van der Waals surface area contributed by atoms with E-state index in [4.69, 9.17) is 0 Å². The topological polar surface area (TPSA) is 37.3 Å². The van der Waals surface area contributed by atoms with Crippen LogP contribution >= 0.6 is 0 Å². The third-order valence-electron chi connectivity index (χ3n) is 3.76. The Morgan fingerprint density at radius 3 is 2.68 bits per heavy atom. The van der Waals surface area contributed by atoms with E-state index in [9.17, 15) is 4.79 Å². The van der Waals surface area contributed by atoms with E-state index in [2.05, 4.69) is 33.0 Å². The van der Waals surface area contributed by atoms with Crippen molar-refractivity contribution >= 4 is 28.2 Å². The molecule has 0 spiro atoms. The summed E-state index contributed by atoms with van der Waals surface area (Å²) < 4.78 is 2.07. The van der Waals surface area contributed by atoms with Gasteiger partial charge in [-0.25, -0.2) is 0 Å². The monoisotopic (exact) mass is 257 g/mol. The van der Waals surface area contributed by atoms with Crippen LogP contribution in [-0.2, 0) is 11.8 Å². The zero-order chi connectivity index (χ0) is 13.4. The van der Waals surface area contributed by atoms with Gasteiger partial charge in [0.1, 0.15) is 0 Å². The van der Waals surface area contributed by atoms with Crippen molar-refractivity contribution in [2.75, 3.05) is 23.3 Å². The summed E-state index contributed by atoms with van der Waals surface area (Å²) in [4.78, 5) is 13.6. The van der Waals surface area contributed by atoms with Crippen LogP contribution in [0, 0.1) is 0 Å². The van der Waals surface area contributed by atoms with Gasteiger partial charge in [-0.15, -0.1) is 0 Å². The maximum Gasteiger partial charge on any atom is 0.221 e. The van der Waals surface area contributed by atoms with Crippen LogP contribution in [0.1, 0.15) is 19.8 Å². The SMILES string of the molecule is CC(=O)Nc1cn(C)c2cc(N3CCCC3)ccc12. The van der Waals surface area contributed by atoms with Crippen molar-refractivity contribution in [2.24, 2.45) is 7.05 Å². The number of rotatable bonds is 2. The Balaban J connectivity index is 2.03. The van der Waals surface area contributed by atoms with Crippen molar-refractivity contribution in [3.05, 3.63) is 24.4 Å². The van der Waals surface area contributed by atoms with Crippen LogP contribution in [0.5, 0.6) is 0 Å². The minimum Gasteiger partial charge on any atom is -0.371 e. The lowest BCUT2D eigenvalue weighted by Gasteiger charge is -2.17. The Morgan fingerprint density at radius 2 is 2.00 bits per heavy atom. The number of hydrogen-bond donors (Lipinski definition) is 1. The highest BCUT2D eigenvalue weighted by Crippen LogP contribution is 2.30. The third-order valence-corrected chi connectivity index (χ3v) is 3.76. The van der Waals surface area contributed by atoms with Crippen molar-refractivity contribution < 1.29 is 4.79 Å². The number of anilines is 2. The van der Waals surface area contributed by atoms with Crippen LogP contribution in [0.15, 0.2) is 24.4 Å². The molecule has 0 saturated carbocycles. The first-order valence-corrected chi connectivity index (χ1v) is 6.77. The molecule has 0 unspecified atom stereocenters. The molecule has 1 aliphatic rings. The summed E-state index contributed by atoms with van der Waals surface area (Å²) in [6, 6.07) is 6.47. The highest BCUT2D eigenvalue weighted by molar-refractivity contribution is 6.02. The predicted molar refractivity (Wildman–Crippen MR) is 78.7 cm³/mol. The van der Waals surface area contributed by atoms with Crippen molar-refractivity contribution in [1.82, 2.24) is 4.57 Å². The quantitative estimate of drug-likeness (QED) is 0.898. The van der Waals surface area contributed by atoms with E-state index in [1.54, 1.807) is 0 Å². The summed E-state index contributed by atoms with van der Waals surface area (Å²) in [5.74, 6) is -0.0314. The van der Waals surface area contributed by atoms with Gasteiger partial charge in [0.25, 0.3) is 0 Å². The highest BCUT2D eigenvalue weighted by Gasteiger charge is 2.14. The molecule has 3 rings (SSSR count). The van der Waals surface area contributed by atoms with Crippen LogP contribution in [0.2, 0.25) is 0 Å². The minimum atomic E-state index is -0.0314. The van der Waals surface area contributed by atoms with E-state index in [1.807, 2.05) is 13.2 Å². The number of nitrogens with zero attached hydrogens (tertiary/aromatic N) is 2. The predicted octanol–water partition coefficient (Wildman–Crippen LogP) is 2.74. The average molecular weight is 257 g/mol. The number of aryl methyl sites for hydroxylation is 1. The van der Waals surface area contributed by atoms with Crippen molar-refractivity contribution in [3.8, 4) is 0 Å². The Hall–Kier alpha value is -1.97. The standard InChI is InChI=1S/C15H19N3O/c1-11(19)16-14-10-17(2)15-9-12(5-6-13(14)15)18-7-3-4-8-18/h5-6,9-10H,3-4,7-8H2,1-2H3,(H,16,19). The maximum atomic E-state index is 11.2. The molecular formula is C15H19N3O. The molecular weight excluding hydrogens is 238 g/mol. The lowest BCUT2D eigenvalue weighted by Crippen LogP contribution is -2.17. The van der Waals surface area contributed by atoms with Gasteiger partial charge < -0.3 is 14.8 Å². The van der Waals surface area contributed by atoms with Gasteiger partial charge in [0.2, 0.25) is 5.91 Å². The molecule has 1 aliphatic heterocycles. The first-order valence-electron chi connectivity index (χ1n) is 6.77. The van der Waals surface area contributed by atoms with Gasteiger partial charge in [-0.05, 0) is 31.0 Å². The Morgan fingerprint density at radius 1 is 1.26 bits per heavy atom. The Bertz CT molecular complexity index is 624. The summed E-state index contributed by atoms with van der Waals surface area (Å²) in [6.07, 6.45) is 4.53. The number of benzene rings is 1.